The van der Waals surface area contributed by atoms with Gasteiger partial charge in [0.15, 0.2) is 0 Å². The topological polar surface area (TPSA) is 50.4 Å². The van der Waals surface area contributed by atoms with E-state index in [0.717, 1.165) is 23.2 Å². The van der Waals surface area contributed by atoms with E-state index >= 15 is 0 Å². The molecule has 5 heteroatoms. The van der Waals surface area contributed by atoms with Crippen LogP contribution in [0, 0.1) is 0 Å². The molecule has 3 aromatic rings. The second-order valence-electron chi connectivity index (χ2n) is 7.34. The third-order valence-electron chi connectivity index (χ3n) is 4.87. The first-order valence-electron chi connectivity index (χ1n) is 10.2. The van der Waals surface area contributed by atoms with Gasteiger partial charge in [0.05, 0.1) is 0 Å². The summed E-state index contributed by atoms with van der Waals surface area (Å²) < 4.78 is 19.9. The monoisotopic (exact) mass is 428 g/mol. The number of ether oxygens (including phenoxy) is 1. The number of hydrogen-bond acceptors (Lipinski definition) is 3. The molecule has 156 valence electrons. The number of allylic oxidation sites excluding steroid dienone is 2. The zero-order chi connectivity index (χ0) is 21.5. The van der Waals surface area contributed by atoms with Gasteiger partial charge in [-0.1, -0.05) is 97.1 Å². The van der Waals surface area contributed by atoms with Gasteiger partial charge in [0, 0.05) is 28.5 Å². The summed E-state index contributed by atoms with van der Waals surface area (Å²) >= 11 is 0. The first-order valence-corrected chi connectivity index (χ1v) is 12.0. The molecule has 0 bridgehead atoms. The van der Waals surface area contributed by atoms with Crippen LogP contribution in [0.5, 0.6) is 0 Å². The Balaban J connectivity index is 1.56. The predicted molar refractivity (Wildman–Crippen MR) is 128 cm³/mol. The molecule has 1 aliphatic rings. The van der Waals surface area contributed by atoms with Crippen molar-refractivity contribution in [3.05, 3.63) is 131 Å². The third-order valence-corrected chi connectivity index (χ3v) is 6.57. The van der Waals surface area contributed by atoms with Crippen LogP contribution in [-0.2, 0) is 15.7 Å². The molecule has 31 heavy (non-hydrogen) atoms. The quantitative estimate of drug-likeness (QED) is 0.332. The highest BCUT2D eigenvalue weighted by Crippen LogP contribution is 2.52. The lowest BCUT2D eigenvalue weighted by Crippen LogP contribution is -2.27. The van der Waals surface area contributed by atoms with E-state index in [0.29, 0.717) is 11.5 Å². The summed E-state index contributed by atoms with van der Waals surface area (Å²) in [7, 11) is -3.06. The number of rotatable bonds is 7. The molecular weight excluding hydrogens is 403 g/mol. The maximum Gasteiger partial charge on any atom is 0.214 e. The molecule has 0 saturated heterocycles. The maximum atomic E-state index is 13.7. The number of benzene rings is 3. The van der Waals surface area contributed by atoms with Crippen molar-refractivity contribution in [3.8, 4) is 0 Å². The van der Waals surface area contributed by atoms with Crippen molar-refractivity contribution >= 4 is 18.8 Å². The van der Waals surface area contributed by atoms with Crippen molar-refractivity contribution in [2.24, 2.45) is 0 Å². The fourth-order valence-corrected chi connectivity index (χ4v) is 4.86. The van der Waals surface area contributed by atoms with E-state index in [1.54, 1.807) is 11.6 Å². The lowest BCUT2D eigenvalue weighted by Gasteiger charge is -2.24. The lowest BCUT2D eigenvalue weighted by molar-refractivity contribution is 0.468. The Morgan fingerprint density at radius 3 is 1.81 bits per heavy atom. The zero-order valence-corrected chi connectivity index (χ0v) is 18.3. The Kier molecular flexibility index (Phi) is 6.51. The van der Waals surface area contributed by atoms with Crippen LogP contribution in [0.25, 0.3) is 11.5 Å². The summed E-state index contributed by atoms with van der Waals surface area (Å²) in [5.41, 5.74) is 6.98. The SMILES string of the molecule is C/C(=C/Cc1ccccc1)NNP1(=O)C=C(c2ccccc2)OC(c2ccccc2)=C1. The normalized spacial score (nSPS) is 15.5. The molecule has 0 saturated carbocycles. The second kappa shape index (κ2) is 9.65. The molecule has 2 N–H and O–H groups in total. The van der Waals surface area contributed by atoms with E-state index in [1.807, 2.05) is 85.8 Å². The summed E-state index contributed by atoms with van der Waals surface area (Å²) in [6.45, 7) is 1.95. The molecular formula is C26H25N2O2P. The fourth-order valence-electron chi connectivity index (χ4n) is 3.20. The van der Waals surface area contributed by atoms with E-state index < -0.39 is 7.29 Å². The molecule has 4 rings (SSSR count). The predicted octanol–water partition coefficient (Wildman–Crippen LogP) is 6.53. The summed E-state index contributed by atoms with van der Waals surface area (Å²) in [6, 6.07) is 29.7. The standard InChI is InChI=1S/C26H25N2O2P/c1-21(17-18-22-11-5-2-6-12-22)27-28-31(29)19-25(23-13-7-3-8-14-23)30-26(20-31)24-15-9-4-10-16-24/h2-17,19-20,27H,18H2,1H3,(H,28,29)/b21-17-. The van der Waals surface area contributed by atoms with Gasteiger partial charge in [-0.15, -0.1) is 0 Å². The highest BCUT2D eigenvalue weighted by molar-refractivity contribution is 7.68. The van der Waals surface area contributed by atoms with Gasteiger partial charge in [-0.05, 0) is 18.9 Å². The largest absolute Gasteiger partial charge is 0.456 e. The van der Waals surface area contributed by atoms with Crippen molar-refractivity contribution in [3.63, 3.8) is 0 Å². The summed E-state index contributed by atoms with van der Waals surface area (Å²) in [5.74, 6) is 4.49. The molecule has 0 amide bonds. The van der Waals surface area contributed by atoms with E-state index in [9.17, 15) is 4.57 Å². The maximum absolute atomic E-state index is 13.7. The van der Waals surface area contributed by atoms with Gasteiger partial charge in [-0.25, -0.2) is 0 Å². The molecule has 1 aliphatic heterocycles. The molecule has 3 aromatic carbocycles. The van der Waals surface area contributed by atoms with Gasteiger partial charge < -0.3 is 10.2 Å². The summed E-state index contributed by atoms with van der Waals surface area (Å²) in [5, 5.41) is 3.04. The average molecular weight is 428 g/mol. The molecule has 0 radical (unpaired) electrons. The van der Waals surface area contributed by atoms with Gasteiger partial charge in [0.1, 0.15) is 11.5 Å². The van der Waals surface area contributed by atoms with Gasteiger partial charge in [0.25, 0.3) is 0 Å². The highest BCUT2D eigenvalue weighted by Gasteiger charge is 2.26. The molecule has 0 unspecified atom stereocenters. The van der Waals surface area contributed by atoms with Crippen molar-refractivity contribution in [1.29, 1.82) is 0 Å². The van der Waals surface area contributed by atoms with Crippen LogP contribution in [0.2, 0.25) is 0 Å². The molecule has 0 atom stereocenters. The van der Waals surface area contributed by atoms with Gasteiger partial charge in [-0.3, -0.25) is 4.57 Å². The van der Waals surface area contributed by atoms with E-state index in [1.165, 1.54) is 5.56 Å². The van der Waals surface area contributed by atoms with Crippen LogP contribution in [0.4, 0.5) is 0 Å². The van der Waals surface area contributed by atoms with Crippen molar-refractivity contribution in [1.82, 2.24) is 10.6 Å². The average Bonchev–Trinajstić information content (AvgIpc) is 2.83. The Labute approximate surface area is 183 Å². The number of hydrogen-bond donors (Lipinski definition) is 2. The summed E-state index contributed by atoms with van der Waals surface area (Å²) in [4.78, 5) is 0. The first-order chi connectivity index (χ1) is 15.1. The number of nitrogens with one attached hydrogen (secondary N) is 2. The molecule has 4 nitrogen and oxygen atoms in total. The number of hydrazine groups is 1. The Hall–Kier alpha value is -3.33. The minimum Gasteiger partial charge on any atom is -0.456 e. The lowest BCUT2D eigenvalue weighted by atomic mass is 10.1. The molecule has 0 aliphatic carbocycles. The highest BCUT2D eigenvalue weighted by atomic mass is 31.2. The Morgan fingerprint density at radius 1 is 0.806 bits per heavy atom. The van der Waals surface area contributed by atoms with Crippen molar-refractivity contribution < 1.29 is 9.30 Å². The van der Waals surface area contributed by atoms with Gasteiger partial charge in [0.2, 0.25) is 7.29 Å². The summed E-state index contributed by atoms with van der Waals surface area (Å²) in [6.07, 6.45) is 2.86. The van der Waals surface area contributed by atoms with Crippen molar-refractivity contribution in [2.75, 3.05) is 0 Å². The van der Waals surface area contributed by atoms with Crippen LogP contribution >= 0.6 is 7.29 Å². The molecule has 0 spiro atoms. The van der Waals surface area contributed by atoms with Crippen LogP contribution in [0.1, 0.15) is 23.6 Å². The third kappa shape index (κ3) is 5.64. The van der Waals surface area contributed by atoms with Gasteiger partial charge >= 0.3 is 0 Å². The van der Waals surface area contributed by atoms with E-state index in [2.05, 4.69) is 28.8 Å². The van der Waals surface area contributed by atoms with Crippen LogP contribution in [-0.4, -0.2) is 0 Å². The smallest absolute Gasteiger partial charge is 0.214 e. The van der Waals surface area contributed by atoms with Crippen LogP contribution in [0.3, 0.4) is 0 Å². The molecule has 0 aromatic heterocycles. The first kappa shape index (κ1) is 20.9. The Morgan fingerprint density at radius 2 is 1.29 bits per heavy atom. The van der Waals surface area contributed by atoms with Gasteiger partial charge in [-0.2, -0.15) is 5.20 Å². The van der Waals surface area contributed by atoms with Crippen molar-refractivity contribution in [2.45, 2.75) is 13.3 Å². The van der Waals surface area contributed by atoms with E-state index in [4.69, 9.17) is 4.74 Å². The minimum absolute atomic E-state index is 0.575. The van der Waals surface area contributed by atoms with Crippen LogP contribution < -0.4 is 10.6 Å². The Bertz CT molecular complexity index is 1090. The molecule has 0 fully saturated rings. The fraction of sp³-hybridized carbons (Fsp3) is 0.0769. The van der Waals surface area contributed by atoms with Crippen LogP contribution in [0.15, 0.2) is 114 Å². The second-order valence-corrected chi connectivity index (χ2v) is 9.50. The minimum atomic E-state index is -3.06. The molecule has 1 heterocycles. The zero-order valence-electron chi connectivity index (χ0n) is 17.4. The van der Waals surface area contributed by atoms with E-state index in [-0.39, 0.29) is 0 Å².